The van der Waals surface area contributed by atoms with E-state index >= 15 is 0 Å². The smallest absolute Gasteiger partial charge is 0.107 e. The molecule has 0 bridgehead atoms. The molecule has 2 N–H and O–H groups in total. The van der Waals surface area contributed by atoms with Gasteiger partial charge in [-0.05, 0) is 25.0 Å². The minimum atomic E-state index is -0.00551. The molecule has 0 radical (unpaired) electrons. The van der Waals surface area contributed by atoms with Crippen LogP contribution < -0.4 is 5.73 Å². The number of unbranched alkanes of at least 4 members (excludes halogenated alkanes) is 1. The van der Waals surface area contributed by atoms with E-state index in [1.54, 1.807) is 11.3 Å². The number of hydrogen-bond acceptors (Lipinski definition) is 3. The summed E-state index contributed by atoms with van der Waals surface area (Å²) in [6, 6.07) is 3.96. The lowest BCUT2D eigenvalue weighted by Gasteiger charge is -2.22. The van der Waals surface area contributed by atoms with Gasteiger partial charge in [0.1, 0.15) is 6.10 Å². The summed E-state index contributed by atoms with van der Waals surface area (Å²) in [5, 5.41) is 0. The second-order valence-corrected chi connectivity index (χ2v) is 5.61. The van der Waals surface area contributed by atoms with Crippen LogP contribution in [0, 0.1) is 0 Å². The van der Waals surface area contributed by atoms with Gasteiger partial charge >= 0.3 is 0 Å². The highest BCUT2D eigenvalue weighted by molar-refractivity contribution is 7.16. The van der Waals surface area contributed by atoms with Gasteiger partial charge in [-0.15, -0.1) is 11.3 Å². The maximum absolute atomic E-state index is 6.08. The van der Waals surface area contributed by atoms with Crippen LogP contribution in [0.1, 0.15) is 44.1 Å². The van der Waals surface area contributed by atoms with Crippen LogP contribution in [-0.2, 0) is 4.74 Å². The average molecular weight is 262 g/mol. The molecule has 2 unspecified atom stereocenters. The Morgan fingerprint density at radius 3 is 2.69 bits per heavy atom. The summed E-state index contributed by atoms with van der Waals surface area (Å²) in [4.78, 5) is 1.13. The minimum absolute atomic E-state index is 0.00551. The molecule has 92 valence electrons. The second-order valence-electron chi connectivity index (χ2n) is 3.86. The van der Waals surface area contributed by atoms with Gasteiger partial charge in [0.05, 0.1) is 4.34 Å². The van der Waals surface area contributed by atoms with Crippen molar-refractivity contribution >= 4 is 22.9 Å². The molecule has 0 aromatic carbocycles. The van der Waals surface area contributed by atoms with E-state index in [1.807, 2.05) is 12.1 Å². The lowest BCUT2D eigenvalue weighted by molar-refractivity contribution is 0.0342. The van der Waals surface area contributed by atoms with E-state index in [4.69, 9.17) is 22.1 Å². The highest BCUT2D eigenvalue weighted by atomic mass is 35.5. The van der Waals surface area contributed by atoms with Crippen LogP contribution in [0.15, 0.2) is 12.1 Å². The van der Waals surface area contributed by atoms with E-state index in [-0.39, 0.29) is 12.1 Å². The first-order valence-corrected chi connectivity index (χ1v) is 7.00. The van der Waals surface area contributed by atoms with Gasteiger partial charge in [-0.25, -0.2) is 0 Å². The molecule has 0 amide bonds. The van der Waals surface area contributed by atoms with E-state index in [0.717, 1.165) is 35.1 Å². The Balaban J connectivity index is 2.63. The molecule has 0 spiro atoms. The second kappa shape index (κ2) is 7.28. The van der Waals surface area contributed by atoms with Crippen molar-refractivity contribution in [2.24, 2.45) is 5.73 Å². The van der Waals surface area contributed by atoms with E-state index in [9.17, 15) is 0 Å². The van der Waals surface area contributed by atoms with E-state index in [2.05, 4.69) is 13.8 Å². The molecule has 1 heterocycles. The molecule has 2 nitrogen and oxygen atoms in total. The van der Waals surface area contributed by atoms with Gasteiger partial charge in [0.15, 0.2) is 0 Å². The van der Waals surface area contributed by atoms with Crippen molar-refractivity contribution < 1.29 is 4.74 Å². The zero-order valence-electron chi connectivity index (χ0n) is 9.91. The number of halogens is 1. The molecule has 0 aliphatic carbocycles. The van der Waals surface area contributed by atoms with Gasteiger partial charge in [-0.1, -0.05) is 31.9 Å². The number of rotatable bonds is 7. The Hall–Kier alpha value is -0.0900. The van der Waals surface area contributed by atoms with Crippen LogP contribution >= 0.6 is 22.9 Å². The Kier molecular flexibility index (Phi) is 6.36. The Bertz CT molecular complexity index is 303. The summed E-state index contributed by atoms with van der Waals surface area (Å²) in [7, 11) is 0. The van der Waals surface area contributed by atoms with Crippen LogP contribution in [0.4, 0.5) is 0 Å². The van der Waals surface area contributed by atoms with Gasteiger partial charge in [0.2, 0.25) is 0 Å². The fraction of sp³-hybridized carbons (Fsp3) is 0.667. The van der Waals surface area contributed by atoms with Gasteiger partial charge in [0, 0.05) is 17.5 Å². The van der Waals surface area contributed by atoms with Gasteiger partial charge in [-0.2, -0.15) is 0 Å². The van der Waals surface area contributed by atoms with Crippen molar-refractivity contribution in [3.8, 4) is 0 Å². The fourth-order valence-corrected chi connectivity index (χ4v) is 2.65. The molecule has 1 rings (SSSR count). The molecule has 0 fully saturated rings. The molecule has 16 heavy (non-hydrogen) atoms. The summed E-state index contributed by atoms with van der Waals surface area (Å²) < 4.78 is 6.66. The first-order chi connectivity index (χ1) is 7.69. The van der Waals surface area contributed by atoms with Crippen LogP contribution in [-0.4, -0.2) is 12.6 Å². The Labute approximate surface area is 107 Å². The third-order valence-corrected chi connectivity index (χ3v) is 3.82. The lowest BCUT2D eigenvalue weighted by atomic mass is 10.1. The molecule has 4 heteroatoms. The van der Waals surface area contributed by atoms with Crippen molar-refractivity contribution in [1.82, 2.24) is 0 Å². The largest absolute Gasteiger partial charge is 0.371 e. The molecule has 1 aromatic heterocycles. The fourth-order valence-electron chi connectivity index (χ4n) is 1.47. The molecule has 2 atom stereocenters. The highest BCUT2D eigenvalue weighted by Gasteiger charge is 2.20. The zero-order valence-corrected chi connectivity index (χ0v) is 11.5. The third-order valence-electron chi connectivity index (χ3n) is 2.53. The summed E-state index contributed by atoms with van der Waals surface area (Å²) >= 11 is 7.49. The van der Waals surface area contributed by atoms with E-state index in [1.165, 1.54) is 0 Å². The van der Waals surface area contributed by atoms with E-state index in [0.29, 0.717) is 0 Å². The molecule has 0 aliphatic heterocycles. The van der Waals surface area contributed by atoms with Crippen molar-refractivity contribution in [3.63, 3.8) is 0 Å². The summed E-state index contributed by atoms with van der Waals surface area (Å²) in [5.41, 5.74) is 6.08. The minimum Gasteiger partial charge on any atom is -0.371 e. The number of thiophene rings is 1. The first-order valence-electron chi connectivity index (χ1n) is 5.81. The lowest BCUT2D eigenvalue weighted by Crippen LogP contribution is -2.29. The zero-order chi connectivity index (χ0) is 12.0. The van der Waals surface area contributed by atoms with Crippen molar-refractivity contribution in [1.29, 1.82) is 0 Å². The summed E-state index contributed by atoms with van der Waals surface area (Å²) in [5.74, 6) is 0. The quantitative estimate of drug-likeness (QED) is 0.753. The molecular weight excluding hydrogens is 242 g/mol. The molecule has 1 aromatic rings. The number of nitrogens with two attached hydrogens (primary N) is 1. The molecule has 0 aliphatic rings. The molecule has 0 saturated heterocycles. The standard InChI is InChI=1S/C12H20ClNOS/c1-3-5-8-15-12(9(14)4-2)10-6-7-11(13)16-10/h6-7,9,12H,3-5,8,14H2,1-2H3. The maximum atomic E-state index is 6.08. The molecule has 0 saturated carbocycles. The number of hydrogen-bond donors (Lipinski definition) is 1. The first kappa shape index (κ1) is 14.0. The van der Waals surface area contributed by atoms with Crippen molar-refractivity contribution in [2.75, 3.05) is 6.61 Å². The monoisotopic (exact) mass is 261 g/mol. The van der Waals surface area contributed by atoms with Crippen LogP contribution in [0.25, 0.3) is 0 Å². The SMILES string of the molecule is CCCCOC(c1ccc(Cl)s1)C(N)CC. The van der Waals surface area contributed by atoms with Crippen LogP contribution in [0.2, 0.25) is 4.34 Å². The van der Waals surface area contributed by atoms with Crippen molar-refractivity contribution in [3.05, 3.63) is 21.3 Å². The van der Waals surface area contributed by atoms with E-state index < -0.39 is 0 Å². The highest BCUT2D eigenvalue weighted by Crippen LogP contribution is 2.31. The normalized spacial score (nSPS) is 15.0. The van der Waals surface area contributed by atoms with Crippen LogP contribution in [0.3, 0.4) is 0 Å². The van der Waals surface area contributed by atoms with Crippen molar-refractivity contribution in [2.45, 2.75) is 45.3 Å². The predicted octanol–water partition coefficient (Wildman–Crippen LogP) is 4.00. The van der Waals surface area contributed by atoms with Gasteiger partial charge in [-0.3, -0.25) is 0 Å². The Morgan fingerprint density at radius 2 is 2.19 bits per heavy atom. The third kappa shape index (κ3) is 4.06. The van der Waals surface area contributed by atoms with Gasteiger partial charge in [0.25, 0.3) is 0 Å². The van der Waals surface area contributed by atoms with Crippen LogP contribution in [0.5, 0.6) is 0 Å². The summed E-state index contributed by atoms with van der Waals surface area (Å²) in [6.45, 7) is 5.00. The topological polar surface area (TPSA) is 35.2 Å². The average Bonchev–Trinajstić information content (AvgIpc) is 2.70. The molecular formula is C12H20ClNOS. The van der Waals surface area contributed by atoms with Gasteiger partial charge < -0.3 is 10.5 Å². The Morgan fingerprint density at radius 1 is 1.44 bits per heavy atom. The maximum Gasteiger partial charge on any atom is 0.107 e. The summed E-state index contributed by atoms with van der Waals surface area (Å²) in [6.07, 6.45) is 3.12. The predicted molar refractivity (Wildman–Crippen MR) is 71.2 cm³/mol. The number of ether oxygens (including phenoxy) is 1.